The molecule has 87 heavy (non-hydrogen) atoms. The van der Waals surface area contributed by atoms with Crippen LogP contribution in [0.4, 0.5) is 0 Å². The van der Waals surface area contributed by atoms with E-state index in [1.165, 1.54) is 11.1 Å². The lowest BCUT2D eigenvalue weighted by molar-refractivity contribution is 0.667. The van der Waals surface area contributed by atoms with Gasteiger partial charge in [-0.25, -0.2) is 15.0 Å². The van der Waals surface area contributed by atoms with Crippen LogP contribution in [0.15, 0.2) is 177 Å². The quantitative estimate of drug-likeness (QED) is 0.164. The van der Waals surface area contributed by atoms with Crippen molar-refractivity contribution in [1.82, 2.24) is 58.6 Å². The molecule has 0 fully saturated rings. The molecule has 0 spiro atoms. The summed E-state index contributed by atoms with van der Waals surface area (Å²) >= 11 is 0. The van der Waals surface area contributed by atoms with Crippen molar-refractivity contribution >= 4 is 131 Å². The van der Waals surface area contributed by atoms with Crippen molar-refractivity contribution in [3.8, 4) is 17.8 Å². The van der Waals surface area contributed by atoms with Gasteiger partial charge in [-0.2, -0.15) is 29.9 Å². The molecule has 0 unspecified atom stereocenters. The third-order valence-corrected chi connectivity index (χ3v) is 16.5. The lowest BCUT2D eigenvalue weighted by atomic mass is 10.1. The number of hydrogen-bond donors (Lipinski definition) is 0. The molecule has 9 heterocycles. The second-order valence-corrected chi connectivity index (χ2v) is 22.5. The number of benzene rings is 9. The molecule has 0 radical (unpaired) electrons. The van der Waals surface area contributed by atoms with Crippen molar-refractivity contribution in [1.29, 1.82) is 0 Å². The summed E-state index contributed by atoms with van der Waals surface area (Å²) in [6.07, 6.45) is 0. The molecule has 0 atom stereocenters. The Kier molecular flexibility index (Phi) is 11.5. The SMILES string of the molecule is Cc1ccc2c(c1)oc1c2ccc2c3ccccc3n(-c3nc(C)nc(C)n3)c21.Cc1ccc2oc3c(ccc4c5ccccc5n(-c5nc(C)nc(C)n5)c43)c2c1.Cc1nc(C)nc(-n2c3ccccc3c3ccc4c5cccc(C)c5oc4c32)n1. The van der Waals surface area contributed by atoms with Gasteiger partial charge in [-0.15, -0.1) is 0 Å². The lowest BCUT2D eigenvalue weighted by Gasteiger charge is -2.07. The molecule has 18 rings (SSSR count). The third kappa shape index (κ3) is 8.13. The number of furan rings is 3. The van der Waals surface area contributed by atoms with E-state index in [4.69, 9.17) is 13.3 Å². The number of para-hydroxylation sites is 4. The van der Waals surface area contributed by atoms with Crippen LogP contribution >= 0.6 is 0 Å². The molecule has 0 amide bonds. The summed E-state index contributed by atoms with van der Waals surface area (Å²) in [6, 6.07) is 56.9. The van der Waals surface area contributed by atoms with Crippen LogP contribution in [-0.4, -0.2) is 58.6 Å². The van der Waals surface area contributed by atoms with Gasteiger partial charge in [-0.1, -0.05) is 115 Å². The molecule has 0 N–H and O–H groups in total. The van der Waals surface area contributed by atoms with Gasteiger partial charge in [0.05, 0.1) is 16.6 Å². The smallest absolute Gasteiger partial charge is 0.238 e. The van der Waals surface area contributed by atoms with E-state index in [9.17, 15) is 0 Å². The van der Waals surface area contributed by atoms with Gasteiger partial charge in [0.15, 0.2) is 16.7 Å². The predicted octanol–water partition coefficient (Wildman–Crippen LogP) is 17.4. The van der Waals surface area contributed by atoms with Crippen LogP contribution in [0.5, 0.6) is 0 Å². The minimum absolute atomic E-state index is 0.616. The van der Waals surface area contributed by atoms with E-state index in [-0.39, 0.29) is 0 Å². The average molecular weight is 1140 g/mol. The van der Waals surface area contributed by atoms with Gasteiger partial charge in [0, 0.05) is 64.6 Å². The molecule has 9 aromatic carbocycles. The molecule has 9 aromatic heterocycles. The topological polar surface area (TPSA) is 170 Å². The highest BCUT2D eigenvalue weighted by Gasteiger charge is 2.24. The molecule has 15 nitrogen and oxygen atoms in total. The van der Waals surface area contributed by atoms with E-state index in [0.717, 1.165) is 137 Å². The number of aromatic nitrogens is 12. The molecular weight excluding hydrogens is 1080 g/mol. The standard InChI is InChI=1S/3C24H18N4O/c1-13-7-6-9-18-19-12-11-17-16-8-4-5-10-20(16)28(21(17)23(19)29-22(13)18)24-26-14(2)25-15(3)27-24;1-13-8-11-21-19(12-13)18-10-9-17-16-6-4-5-7-20(16)28(22(17)23(18)29-21)24-26-14(2)25-15(3)27-24;1-13-8-9-17-19-11-10-18-16-6-4-5-7-20(16)28(22(18)23(19)29-21(17)12-13)24-26-14(2)25-15(3)27-24/h3*4-12H,1-3H3. The molecule has 0 bridgehead atoms. The number of aryl methyl sites for hydroxylation is 9. The summed E-state index contributed by atoms with van der Waals surface area (Å²) in [6.45, 7) is 17.6. The van der Waals surface area contributed by atoms with Crippen LogP contribution in [0.1, 0.15) is 51.6 Å². The first-order valence-electron chi connectivity index (χ1n) is 28.9. The van der Waals surface area contributed by atoms with Crippen LogP contribution in [0, 0.1) is 62.3 Å². The van der Waals surface area contributed by atoms with E-state index < -0.39 is 0 Å². The Bertz CT molecular complexity index is 5710. The Morgan fingerprint density at radius 3 is 1.07 bits per heavy atom. The van der Waals surface area contributed by atoms with Crippen LogP contribution < -0.4 is 0 Å². The number of rotatable bonds is 3. The fourth-order valence-corrected chi connectivity index (χ4v) is 12.9. The van der Waals surface area contributed by atoms with Crippen LogP contribution in [0.3, 0.4) is 0 Å². The predicted molar refractivity (Wildman–Crippen MR) is 347 cm³/mol. The first-order chi connectivity index (χ1) is 42.3. The molecular formula is C72H54N12O3. The van der Waals surface area contributed by atoms with E-state index in [1.807, 2.05) is 65.8 Å². The minimum Gasteiger partial charge on any atom is -0.454 e. The molecule has 0 aliphatic carbocycles. The molecule has 0 aliphatic rings. The highest BCUT2D eigenvalue weighted by molar-refractivity contribution is 6.24. The van der Waals surface area contributed by atoms with Gasteiger partial charge >= 0.3 is 0 Å². The van der Waals surface area contributed by atoms with E-state index in [1.54, 1.807) is 0 Å². The zero-order valence-electron chi connectivity index (χ0n) is 49.2. The summed E-state index contributed by atoms with van der Waals surface area (Å²) < 4.78 is 25.6. The van der Waals surface area contributed by atoms with E-state index >= 15 is 0 Å². The minimum atomic E-state index is 0.616. The van der Waals surface area contributed by atoms with Crippen LogP contribution in [-0.2, 0) is 0 Å². The highest BCUT2D eigenvalue weighted by atomic mass is 16.3. The van der Waals surface area contributed by atoms with Gasteiger partial charge in [0.25, 0.3) is 0 Å². The fraction of sp³-hybridized carbons (Fsp3) is 0.125. The zero-order chi connectivity index (χ0) is 59.1. The molecule has 15 heteroatoms. The van der Waals surface area contributed by atoms with Crippen molar-refractivity contribution < 1.29 is 13.3 Å². The van der Waals surface area contributed by atoms with Crippen molar-refractivity contribution in [2.45, 2.75) is 62.3 Å². The maximum absolute atomic E-state index is 6.46. The molecule has 0 saturated carbocycles. The molecule has 420 valence electrons. The lowest BCUT2D eigenvalue weighted by Crippen LogP contribution is -2.06. The van der Waals surface area contributed by atoms with E-state index in [0.29, 0.717) is 52.8 Å². The van der Waals surface area contributed by atoms with Gasteiger partial charge in [0.1, 0.15) is 68.2 Å². The van der Waals surface area contributed by atoms with Crippen LogP contribution in [0.25, 0.3) is 149 Å². The summed E-state index contributed by atoms with van der Waals surface area (Å²) in [4.78, 5) is 41.0. The van der Waals surface area contributed by atoms with Crippen molar-refractivity contribution in [3.05, 3.63) is 215 Å². The Balaban J connectivity index is 0.000000106. The van der Waals surface area contributed by atoms with E-state index in [2.05, 4.69) is 219 Å². The number of nitrogens with zero attached hydrogens (tertiary/aromatic N) is 12. The number of fused-ring (bicyclic) bond motifs is 21. The van der Waals surface area contributed by atoms with Gasteiger partial charge < -0.3 is 13.3 Å². The fourth-order valence-electron chi connectivity index (χ4n) is 12.9. The number of hydrogen-bond acceptors (Lipinski definition) is 12. The summed E-state index contributed by atoms with van der Waals surface area (Å²) in [5, 5.41) is 13.5. The van der Waals surface area contributed by atoms with Gasteiger partial charge in [0.2, 0.25) is 17.8 Å². The first-order valence-corrected chi connectivity index (χ1v) is 28.9. The van der Waals surface area contributed by atoms with Gasteiger partial charge in [-0.3, -0.25) is 13.7 Å². The highest BCUT2D eigenvalue weighted by Crippen LogP contribution is 2.44. The first kappa shape index (κ1) is 51.4. The van der Waals surface area contributed by atoms with Crippen molar-refractivity contribution in [2.24, 2.45) is 0 Å². The van der Waals surface area contributed by atoms with Crippen molar-refractivity contribution in [2.75, 3.05) is 0 Å². The zero-order valence-corrected chi connectivity index (χ0v) is 49.2. The van der Waals surface area contributed by atoms with Crippen molar-refractivity contribution in [3.63, 3.8) is 0 Å². The molecule has 0 saturated heterocycles. The summed E-state index contributed by atoms with van der Waals surface area (Å²) in [5.41, 5.74) is 14.9. The summed E-state index contributed by atoms with van der Waals surface area (Å²) in [7, 11) is 0. The Labute approximate surface area is 496 Å². The third-order valence-electron chi connectivity index (χ3n) is 16.5. The van der Waals surface area contributed by atoms with Crippen LogP contribution in [0.2, 0.25) is 0 Å². The monoisotopic (exact) mass is 1130 g/mol. The summed E-state index contributed by atoms with van der Waals surface area (Å²) in [5.74, 6) is 6.05. The largest absolute Gasteiger partial charge is 0.454 e. The Morgan fingerprint density at radius 1 is 0.253 bits per heavy atom. The maximum atomic E-state index is 6.46. The Morgan fingerprint density at radius 2 is 0.598 bits per heavy atom. The van der Waals surface area contributed by atoms with Gasteiger partial charge in [-0.05, 0) is 128 Å². The Hall–Kier alpha value is -11.2. The second-order valence-electron chi connectivity index (χ2n) is 22.5. The normalized spacial score (nSPS) is 12.0. The molecule has 18 aromatic rings. The average Bonchev–Trinajstić information content (AvgIpc) is 1.66. The maximum Gasteiger partial charge on any atom is 0.238 e. The second kappa shape index (κ2) is 19.4. The molecule has 0 aliphatic heterocycles.